The number of hydrogen-bond donors (Lipinski definition) is 1. The normalized spacial score (nSPS) is 28.5. The van der Waals surface area contributed by atoms with Gasteiger partial charge in [-0.05, 0) is 49.8 Å². The molecule has 0 aromatic heterocycles. The summed E-state index contributed by atoms with van der Waals surface area (Å²) in [4.78, 5) is 8.78. The Morgan fingerprint density at radius 1 is 1.09 bits per heavy atom. The molecule has 2 saturated heterocycles. The quantitative estimate of drug-likeness (QED) is 0.844. The second-order valence-electron chi connectivity index (χ2n) is 7.14. The molecular formula is C19H30N3+. The largest absolute Gasteiger partial charge is 0.378 e. The predicted octanol–water partition coefficient (Wildman–Crippen LogP) is 2.02. The van der Waals surface area contributed by atoms with Crippen molar-refractivity contribution in [3.63, 3.8) is 0 Å². The Morgan fingerprint density at radius 2 is 1.86 bits per heavy atom. The van der Waals surface area contributed by atoms with Crippen molar-refractivity contribution in [3.8, 4) is 0 Å². The van der Waals surface area contributed by atoms with Gasteiger partial charge in [0.05, 0.1) is 19.1 Å². The van der Waals surface area contributed by atoms with Gasteiger partial charge in [0.25, 0.3) is 0 Å². The van der Waals surface area contributed by atoms with E-state index in [4.69, 9.17) is 4.99 Å². The van der Waals surface area contributed by atoms with E-state index in [2.05, 4.69) is 49.5 Å². The second-order valence-corrected chi connectivity index (χ2v) is 7.14. The van der Waals surface area contributed by atoms with Crippen LogP contribution in [-0.2, 0) is 0 Å². The molecule has 2 heterocycles. The molecule has 0 bridgehead atoms. The van der Waals surface area contributed by atoms with E-state index in [9.17, 15) is 0 Å². The van der Waals surface area contributed by atoms with E-state index in [1.807, 2.05) is 4.90 Å². The van der Waals surface area contributed by atoms with Crippen molar-refractivity contribution in [2.75, 3.05) is 38.6 Å². The summed E-state index contributed by atoms with van der Waals surface area (Å²) in [5.41, 5.74) is 2.46. The average Bonchev–Trinajstić information content (AvgIpc) is 2.55. The SMILES string of the molecule is CN(C)c1ccc(C=NC[C@@H]2CCC[NH+]3CCCC[C@H]23)cc1. The van der Waals surface area contributed by atoms with E-state index in [1.165, 1.54) is 56.4 Å². The van der Waals surface area contributed by atoms with Gasteiger partial charge in [0, 0.05) is 38.5 Å². The lowest BCUT2D eigenvalue weighted by molar-refractivity contribution is -0.939. The topological polar surface area (TPSA) is 20.0 Å². The van der Waals surface area contributed by atoms with Crippen LogP contribution < -0.4 is 9.80 Å². The molecular weight excluding hydrogens is 270 g/mol. The Labute approximate surface area is 135 Å². The number of anilines is 1. The molecule has 0 aliphatic carbocycles. The number of hydrogen-bond acceptors (Lipinski definition) is 2. The van der Waals surface area contributed by atoms with Crippen molar-refractivity contribution in [2.45, 2.75) is 38.1 Å². The van der Waals surface area contributed by atoms with Crippen molar-refractivity contribution >= 4 is 11.9 Å². The first-order valence-corrected chi connectivity index (χ1v) is 8.86. The first-order chi connectivity index (χ1) is 10.7. The van der Waals surface area contributed by atoms with Gasteiger partial charge in [0.2, 0.25) is 0 Å². The highest BCUT2D eigenvalue weighted by atomic mass is 15.2. The van der Waals surface area contributed by atoms with Gasteiger partial charge in [-0.15, -0.1) is 0 Å². The van der Waals surface area contributed by atoms with Crippen LogP contribution in [0.2, 0.25) is 0 Å². The minimum atomic E-state index is 0.807. The number of rotatable bonds is 4. The average molecular weight is 300 g/mol. The molecule has 1 N–H and O–H groups in total. The highest BCUT2D eigenvalue weighted by molar-refractivity contribution is 5.80. The third-order valence-corrected chi connectivity index (χ3v) is 5.42. The summed E-state index contributed by atoms with van der Waals surface area (Å²) < 4.78 is 0. The third kappa shape index (κ3) is 3.70. The van der Waals surface area contributed by atoms with Crippen LogP contribution in [0.25, 0.3) is 0 Å². The third-order valence-electron chi connectivity index (χ3n) is 5.42. The summed E-state index contributed by atoms with van der Waals surface area (Å²) in [6, 6.07) is 9.54. The van der Waals surface area contributed by atoms with E-state index < -0.39 is 0 Å². The van der Waals surface area contributed by atoms with E-state index in [0.717, 1.165) is 18.5 Å². The summed E-state index contributed by atoms with van der Waals surface area (Å²) >= 11 is 0. The lowest BCUT2D eigenvalue weighted by Crippen LogP contribution is -3.18. The van der Waals surface area contributed by atoms with Crippen molar-refractivity contribution in [3.05, 3.63) is 29.8 Å². The number of aliphatic imine (C=N–C) groups is 1. The molecule has 3 nitrogen and oxygen atoms in total. The molecule has 0 saturated carbocycles. The molecule has 1 unspecified atom stereocenters. The van der Waals surface area contributed by atoms with Crippen LogP contribution in [0.1, 0.15) is 37.7 Å². The van der Waals surface area contributed by atoms with Crippen molar-refractivity contribution in [2.24, 2.45) is 10.9 Å². The van der Waals surface area contributed by atoms with Crippen LogP contribution >= 0.6 is 0 Å². The van der Waals surface area contributed by atoms with Gasteiger partial charge in [0.15, 0.2) is 0 Å². The Kier molecular flexibility index (Phi) is 5.14. The fraction of sp³-hybridized carbons (Fsp3) is 0.632. The van der Waals surface area contributed by atoms with Gasteiger partial charge >= 0.3 is 0 Å². The molecule has 3 heteroatoms. The Bertz CT molecular complexity index is 490. The van der Waals surface area contributed by atoms with Gasteiger partial charge in [-0.1, -0.05) is 12.1 Å². The first kappa shape index (κ1) is 15.5. The molecule has 0 amide bonds. The van der Waals surface area contributed by atoms with E-state index >= 15 is 0 Å². The van der Waals surface area contributed by atoms with E-state index in [-0.39, 0.29) is 0 Å². The summed E-state index contributed by atoms with van der Waals surface area (Å²) in [7, 11) is 4.15. The van der Waals surface area contributed by atoms with Crippen LogP contribution in [0.15, 0.2) is 29.3 Å². The predicted molar refractivity (Wildman–Crippen MR) is 94.3 cm³/mol. The molecule has 22 heavy (non-hydrogen) atoms. The van der Waals surface area contributed by atoms with E-state index in [0.29, 0.717) is 0 Å². The number of piperidine rings is 2. The smallest absolute Gasteiger partial charge is 0.0921 e. The summed E-state index contributed by atoms with van der Waals surface area (Å²) in [6.45, 7) is 3.82. The van der Waals surface area contributed by atoms with Gasteiger partial charge in [0.1, 0.15) is 0 Å². The zero-order valence-corrected chi connectivity index (χ0v) is 14.1. The molecule has 0 spiro atoms. The minimum absolute atomic E-state index is 0.807. The fourth-order valence-corrected chi connectivity index (χ4v) is 4.15. The lowest BCUT2D eigenvalue weighted by atomic mass is 9.83. The summed E-state index contributed by atoms with van der Waals surface area (Å²) in [5.74, 6) is 0.807. The number of benzene rings is 1. The maximum atomic E-state index is 4.78. The zero-order valence-electron chi connectivity index (χ0n) is 14.1. The molecule has 2 fully saturated rings. The van der Waals surface area contributed by atoms with Gasteiger partial charge in [-0.2, -0.15) is 0 Å². The number of nitrogens with zero attached hydrogens (tertiary/aromatic N) is 2. The molecule has 2 aliphatic rings. The van der Waals surface area contributed by atoms with Crippen LogP contribution in [0.3, 0.4) is 0 Å². The molecule has 120 valence electrons. The monoisotopic (exact) mass is 300 g/mol. The number of fused-ring (bicyclic) bond motifs is 1. The summed E-state index contributed by atoms with van der Waals surface area (Å²) in [6.07, 6.45) is 9.12. The zero-order chi connectivity index (χ0) is 15.4. The van der Waals surface area contributed by atoms with Crippen LogP contribution in [0.5, 0.6) is 0 Å². The number of quaternary nitrogens is 1. The number of nitrogens with one attached hydrogen (secondary N) is 1. The lowest BCUT2D eigenvalue weighted by Gasteiger charge is -2.40. The molecule has 1 aromatic rings. The van der Waals surface area contributed by atoms with Crippen molar-refractivity contribution < 1.29 is 4.90 Å². The molecule has 1 aromatic carbocycles. The highest BCUT2D eigenvalue weighted by Crippen LogP contribution is 2.20. The standard InChI is InChI=1S/C19H29N3/c1-21(2)18-10-8-16(9-11-18)14-20-15-17-6-5-13-22-12-4-3-7-19(17)22/h8-11,14,17,19H,3-7,12-13,15H2,1-2H3/p+1/t17-,19+/m0/s1. The fourth-order valence-electron chi connectivity index (χ4n) is 4.15. The maximum absolute atomic E-state index is 4.78. The molecule has 2 aliphatic heterocycles. The van der Waals surface area contributed by atoms with E-state index in [1.54, 1.807) is 0 Å². The Balaban J connectivity index is 1.56. The molecule has 3 rings (SSSR count). The second kappa shape index (κ2) is 7.28. The maximum Gasteiger partial charge on any atom is 0.0921 e. The Morgan fingerprint density at radius 3 is 2.64 bits per heavy atom. The highest BCUT2D eigenvalue weighted by Gasteiger charge is 2.35. The summed E-state index contributed by atoms with van der Waals surface area (Å²) in [5, 5.41) is 0. The van der Waals surface area contributed by atoms with Crippen LogP contribution in [0, 0.1) is 5.92 Å². The van der Waals surface area contributed by atoms with Gasteiger partial charge in [-0.3, -0.25) is 4.99 Å². The molecule has 3 atom stereocenters. The van der Waals surface area contributed by atoms with Crippen molar-refractivity contribution in [1.29, 1.82) is 0 Å². The van der Waals surface area contributed by atoms with Gasteiger partial charge < -0.3 is 9.80 Å². The van der Waals surface area contributed by atoms with Crippen LogP contribution in [0.4, 0.5) is 5.69 Å². The Hall–Kier alpha value is -1.35. The minimum Gasteiger partial charge on any atom is -0.378 e. The van der Waals surface area contributed by atoms with Crippen LogP contribution in [-0.4, -0.2) is 46.0 Å². The van der Waals surface area contributed by atoms with Crippen molar-refractivity contribution in [1.82, 2.24) is 0 Å². The first-order valence-electron chi connectivity index (χ1n) is 8.86. The van der Waals surface area contributed by atoms with Gasteiger partial charge in [-0.25, -0.2) is 0 Å². The molecule has 0 radical (unpaired) electrons.